The molecular formula is C19H20N8O3S. The van der Waals surface area contributed by atoms with Crippen LogP contribution < -0.4 is 10.2 Å². The molecule has 0 unspecified atom stereocenters. The first-order valence-electron chi connectivity index (χ1n) is 10.0. The second-order valence-corrected chi connectivity index (χ2v) is 8.42. The molecule has 1 aliphatic carbocycles. The second kappa shape index (κ2) is 8.02. The number of aryl methyl sites for hydroxylation is 1. The molecule has 0 saturated carbocycles. The van der Waals surface area contributed by atoms with Gasteiger partial charge in [0.2, 0.25) is 5.91 Å². The van der Waals surface area contributed by atoms with E-state index < -0.39 is 0 Å². The van der Waals surface area contributed by atoms with Gasteiger partial charge in [-0.3, -0.25) is 9.59 Å². The van der Waals surface area contributed by atoms with Crippen molar-refractivity contribution < 1.29 is 14.3 Å². The van der Waals surface area contributed by atoms with Crippen molar-refractivity contribution in [1.29, 1.82) is 0 Å². The lowest BCUT2D eigenvalue weighted by Crippen LogP contribution is -2.52. The minimum absolute atomic E-state index is 0.0816. The monoisotopic (exact) mass is 440 g/mol. The highest BCUT2D eigenvalue weighted by Crippen LogP contribution is 2.39. The Morgan fingerprint density at radius 2 is 2.10 bits per heavy atom. The number of amides is 1. The summed E-state index contributed by atoms with van der Waals surface area (Å²) in [5.41, 5.74) is 0.746. The van der Waals surface area contributed by atoms with Gasteiger partial charge in [0.05, 0.1) is 18.2 Å². The van der Waals surface area contributed by atoms with E-state index in [4.69, 9.17) is 4.74 Å². The van der Waals surface area contributed by atoms with Crippen molar-refractivity contribution in [2.24, 2.45) is 5.92 Å². The Hall–Kier alpha value is -3.41. The molecule has 1 aliphatic heterocycles. The van der Waals surface area contributed by atoms with Crippen LogP contribution in [0.1, 0.15) is 29.8 Å². The number of esters is 1. The summed E-state index contributed by atoms with van der Waals surface area (Å²) < 4.78 is 6.69. The van der Waals surface area contributed by atoms with Gasteiger partial charge >= 0.3 is 5.97 Å². The quantitative estimate of drug-likeness (QED) is 0.562. The van der Waals surface area contributed by atoms with Crippen molar-refractivity contribution in [3.8, 4) is 5.82 Å². The van der Waals surface area contributed by atoms with Crippen molar-refractivity contribution in [2.75, 3.05) is 29.9 Å². The molecule has 160 valence electrons. The summed E-state index contributed by atoms with van der Waals surface area (Å²) in [5.74, 6) is 0.535. The van der Waals surface area contributed by atoms with E-state index in [0.29, 0.717) is 37.1 Å². The van der Waals surface area contributed by atoms with Crippen molar-refractivity contribution in [1.82, 2.24) is 29.7 Å². The van der Waals surface area contributed by atoms with E-state index in [1.807, 2.05) is 11.0 Å². The molecule has 31 heavy (non-hydrogen) atoms. The van der Waals surface area contributed by atoms with Gasteiger partial charge < -0.3 is 15.0 Å². The number of thiazole rings is 1. The molecule has 1 atom stereocenters. The van der Waals surface area contributed by atoms with Crippen LogP contribution >= 0.6 is 11.3 Å². The van der Waals surface area contributed by atoms with Gasteiger partial charge in [0.1, 0.15) is 30.7 Å². The Morgan fingerprint density at radius 1 is 1.26 bits per heavy atom. The van der Waals surface area contributed by atoms with Gasteiger partial charge in [-0.05, 0) is 19.8 Å². The molecular weight excluding hydrogens is 420 g/mol. The summed E-state index contributed by atoms with van der Waals surface area (Å²) in [6, 6.07) is 1.81. The first-order valence-corrected chi connectivity index (χ1v) is 10.8. The lowest BCUT2D eigenvalue weighted by Gasteiger charge is -2.38. The van der Waals surface area contributed by atoms with Crippen LogP contribution in [0.3, 0.4) is 0 Å². The molecule has 12 heteroatoms. The summed E-state index contributed by atoms with van der Waals surface area (Å²) in [6.45, 7) is 3.24. The van der Waals surface area contributed by atoms with Crippen LogP contribution in [0.15, 0.2) is 25.0 Å². The minimum Gasteiger partial charge on any atom is -0.465 e. The maximum Gasteiger partial charge on any atom is 0.315 e. The molecule has 0 radical (unpaired) electrons. The highest BCUT2D eigenvalue weighted by Gasteiger charge is 2.36. The van der Waals surface area contributed by atoms with E-state index >= 15 is 0 Å². The van der Waals surface area contributed by atoms with Gasteiger partial charge in [0.25, 0.3) is 0 Å². The maximum atomic E-state index is 12.7. The first-order chi connectivity index (χ1) is 15.1. The zero-order valence-electron chi connectivity index (χ0n) is 16.8. The van der Waals surface area contributed by atoms with E-state index in [1.165, 1.54) is 24.0 Å². The molecule has 3 aromatic heterocycles. The van der Waals surface area contributed by atoms with Crippen molar-refractivity contribution >= 4 is 34.2 Å². The number of ether oxygens (including phenoxy) is 1. The van der Waals surface area contributed by atoms with E-state index in [-0.39, 0.29) is 23.7 Å². The molecule has 0 aromatic carbocycles. The van der Waals surface area contributed by atoms with Crippen LogP contribution in [-0.4, -0.2) is 61.3 Å². The number of hydrogen-bond acceptors (Lipinski definition) is 10. The van der Waals surface area contributed by atoms with Crippen LogP contribution in [0.4, 0.5) is 10.9 Å². The van der Waals surface area contributed by atoms with Crippen molar-refractivity contribution in [3.63, 3.8) is 0 Å². The molecule has 1 fully saturated rings. The molecule has 3 aromatic rings. The third-order valence-electron chi connectivity index (χ3n) is 5.39. The van der Waals surface area contributed by atoms with Gasteiger partial charge in [-0.2, -0.15) is 5.10 Å². The predicted molar refractivity (Wildman–Crippen MR) is 111 cm³/mol. The Kier molecular flexibility index (Phi) is 5.06. The van der Waals surface area contributed by atoms with E-state index in [9.17, 15) is 9.59 Å². The first kappa shape index (κ1) is 19.5. The fraction of sp³-hybridized carbons (Fsp3) is 0.421. The summed E-state index contributed by atoms with van der Waals surface area (Å²) in [5, 5.41) is 7.51. The van der Waals surface area contributed by atoms with Crippen LogP contribution in [0.25, 0.3) is 5.82 Å². The average Bonchev–Trinajstić information content (AvgIpc) is 3.44. The Morgan fingerprint density at radius 3 is 2.87 bits per heavy atom. The molecule has 4 heterocycles. The number of nitrogens with one attached hydrogen (secondary N) is 1. The summed E-state index contributed by atoms with van der Waals surface area (Å²) in [7, 11) is 0. The van der Waals surface area contributed by atoms with Crippen molar-refractivity contribution in [3.05, 3.63) is 35.6 Å². The minimum atomic E-state index is -0.326. The van der Waals surface area contributed by atoms with Gasteiger partial charge in [-0.15, -0.1) is 11.3 Å². The maximum absolute atomic E-state index is 12.7. The summed E-state index contributed by atoms with van der Waals surface area (Å²) >= 11 is 1.44. The molecule has 2 aliphatic rings. The van der Waals surface area contributed by atoms with Crippen LogP contribution in [0.2, 0.25) is 0 Å². The molecule has 1 saturated heterocycles. The Labute approximate surface area is 181 Å². The number of carbonyl (C=O) groups is 2. The largest absolute Gasteiger partial charge is 0.465 e. The number of hydrogen-bond donors (Lipinski definition) is 1. The Balaban J connectivity index is 1.19. The molecule has 0 spiro atoms. The molecule has 0 bridgehead atoms. The predicted octanol–water partition coefficient (Wildman–Crippen LogP) is 1.18. The third kappa shape index (κ3) is 3.74. The van der Waals surface area contributed by atoms with Crippen LogP contribution in [0.5, 0.6) is 0 Å². The van der Waals surface area contributed by atoms with E-state index in [1.54, 1.807) is 17.9 Å². The topological polar surface area (TPSA) is 128 Å². The summed E-state index contributed by atoms with van der Waals surface area (Å²) in [4.78, 5) is 44.7. The highest BCUT2D eigenvalue weighted by molar-refractivity contribution is 7.16. The van der Waals surface area contributed by atoms with Gasteiger partial charge in [-0.25, -0.2) is 24.6 Å². The fourth-order valence-corrected chi connectivity index (χ4v) is 4.80. The van der Waals surface area contributed by atoms with Crippen LogP contribution in [-0.2, 0) is 20.7 Å². The average molecular weight is 440 g/mol. The SMILES string of the molecule is CCOC(=O)[C@H]1CCc2sc(NC(=O)C3CN(c4cc(-n5cncn5)ncn4)C3)nc21. The van der Waals surface area contributed by atoms with Gasteiger partial charge in [0, 0.05) is 24.0 Å². The van der Waals surface area contributed by atoms with E-state index in [2.05, 4.69) is 30.4 Å². The molecule has 1 amide bonds. The highest BCUT2D eigenvalue weighted by atomic mass is 32.1. The standard InChI is InChI=1S/C19H20N8O3S/c1-2-30-18(29)12-3-4-13-16(12)24-19(31-13)25-17(28)11-6-26(7-11)14-5-15(22-9-21-14)27-10-20-8-23-27/h5,8-12H,2-4,6-7H2,1H3,(H,24,25,28)/t12-/m0/s1. The smallest absolute Gasteiger partial charge is 0.315 e. The lowest BCUT2D eigenvalue weighted by molar-refractivity contribution is -0.145. The zero-order valence-corrected chi connectivity index (χ0v) is 17.6. The fourth-order valence-electron chi connectivity index (χ4n) is 3.75. The normalized spacial score (nSPS) is 17.8. The number of fused-ring (bicyclic) bond motifs is 1. The number of nitrogens with zero attached hydrogens (tertiary/aromatic N) is 7. The zero-order chi connectivity index (χ0) is 21.4. The lowest BCUT2D eigenvalue weighted by atomic mass is 9.99. The number of rotatable bonds is 6. The second-order valence-electron chi connectivity index (χ2n) is 7.34. The van der Waals surface area contributed by atoms with Crippen LogP contribution in [0, 0.1) is 5.92 Å². The van der Waals surface area contributed by atoms with E-state index in [0.717, 1.165) is 22.8 Å². The van der Waals surface area contributed by atoms with Crippen molar-refractivity contribution in [2.45, 2.75) is 25.7 Å². The van der Waals surface area contributed by atoms with Gasteiger partial charge in [0.15, 0.2) is 10.9 Å². The molecule has 1 N–H and O–H groups in total. The number of anilines is 2. The number of aromatic nitrogens is 6. The molecule has 11 nitrogen and oxygen atoms in total. The Bertz CT molecular complexity index is 1110. The summed E-state index contributed by atoms with van der Waals surface area (Å²) in [6.07, 6.45) is 5.97. The third-order valence-corrected chi connectivity index (χ3v) is 6.43. The van der Waals surface area contributed by atoms with Gasteiger partial charge in [-0.1, -0.05) is 0 Å². The number of carbonyl (C=O) groups excluding carboxylic acids is 2. The molecule has 5 rings (SSSR count).